The Bertz CT molecular complexity index is 465. The molecule has 0 radical (unpaired) electrons. The summed E-state index contributed by atoms with van der Waals surface area (Å²) >= 11 is 0. The third-order valence-corrected chi connectivity index (χ3v) is 4.35. The fourth-order valence-corrected chi connectivity index (χ4v) is 3.22. The van der Waals surface area contributed by atoms with Gasteiger partial charge in [-0.2, -0.15) is 0 Å². The van der Waals surface area contributed by atoms with E-state index in [9.17, 15) is 9.90 Å². The summed E-state index contributed by atoms with van der Waals surface area (Å²) in [7, 11) is 0. The molecule has 0 unspecified atom stereocenters. The van der Waals surface area contributed by atoms with Gasteiger partial charge in [0.05, 0.1) is 11.5 Å². The summed E-state index contributed by atoms with van der Waals surface area (Å²) in [6.45, 7) is 2.09. The Morgan fingerprint density at radius 2 is 2.21 bits per heavy atom. The van der Waals surface area contributed by atoms with Crippen molar-refractivity contribution in [3.05, 3.63) is 24.5 Å². The molecule has 3 heterocycles. The second kappa shape index (κ2) is 4.81. The van der Waals surface area contributed by atoms with Gasteiger partial charge in [0.25, 0.3) is 0 Å². The highest BCUT2D eigenvalue weighted by atomic mass is 16.3. The molecule has 5 heteroatoms. The van der Waals surface area contributed by atoms with Crippen LogP contribution in [0.1, 0.15) is 19.3 Å². The highest BCUT2D eigenvalue weighted by molar-refractivity contribution is 5.85. The fraction of sp³-hybridized carbons (Fsp3) is 0.571. The first-order valence-corrected chi connectivity index (χ1v) is 6.84. The Labute approximate surface area is 112 Å². The Kier molecular flexibility index (Phi) is 3.14. The molecule has 2 aliphatic heterocycles. The maximum Gasteiger partial charge on any atom is 0.230 e. The molecule has 19 heavy (non-hydrogen) atoms. The van der Waals surface area contributed by atoms with Gasteiger partial charge in [-0.1, -0.05) is 0 Å². The van der Waals surface area contributed by atoms with Crippen molar-refractivity contribution in [2.24, 2.45) is 5.41 Å². The molecule has 0 saturated carbocycles. The minimum atomic E-state index is -0.639. The van der Waals surface area contributed by atoms with Crippen molar-refractivity contribution >= 4 is 11.6 Å². The van der Waals surface area contributed by atoms with E-state index in [0.717, 1.165) is 31.6 Å². The van der Waals surface area contributed by atoms with Crippen LogP contribution in [0.4, 0.5) is 5.69 Å². The maximum atomic E-state index is 12.2. The van der Waals surface area contributed by atoms with Crippen LogP contribution in [-0.2, 0) is 4.79 Å². The number of aromatic nitrogens is 1. The number of rotatable bonds is 1. The van der Waals surface area contributed by atoms with E-state index in [1.54, 1.807) is 12.4 Å². The molecule has 0 bridgehead atoms. The second-order valence-electron chi connectivity index (χ2n) is 5.45. The number of pyridine rings is 1. The number of nitrogens with zero attached hydrogens (tertiary/aromatic N) is 2. The molecule has 2 atom stereocenters. The first-order valence-electron chi connectivity index (χ1n) is 6.84. The molecule has 2 fully saturated rings. The summed E-state index contributed by atoms with van der Waals surface area (Å²) in [6, 6.07) is 3.90. The van der Waals surface area contributed by atoms with Crippen molar-refractivity contribution in [1.29, 1.82) is 0 Å². The van der Waals surface area contributed by atoms with E-state index in [4.69, 9.17) is 0 Å². The van der Waals surface area contributed by atoms with Gasteiger partial charge in [0.1, 0.15) is 0 Å². The van der Waals surface area contributed by atoms with Gasteiger partial charge in [0, 0.05) is 37.7 Å². The van der Waals surface area contributed by atoms with Crippen molar-refractivity contribution in [3.8, 4) is 0 Å². The number of amides is 1. The number of piperidine rings is 2. The lowest BCUT2D eigenvalue weighted by molar-refractivity contribution is -0.142. The van der Waals surface area contributed by atoms with E-state index in [0.29, 0.717) is 13.0 Å². The molecule has 1 aromatic heterocycles. The van der Waals surface area contributed by atoms with Crippen LogP contribution in [-0.4, -0.2) is 41.7 Å². The van der Waals surface area contributed by atoms with Gasteiger partial charge in [0.15, 0.2) is 0 Å². The van der Waals surface area contributed by atoms with Crippen LogP contribution in [0.2, 0.25) is 0 Å². The van der Waals surface area contributed by atoms with E-state index < -0.39 is 11.5 Å². The molecule has 1 aromatic rings. The number of aliphatic hydroxyl groups excluding tert-OH is 1. The lowest BCUT2D eigenvalue weighted by Gasteiger charge is -2.47. The molecular weight excluding hydrogens is 242 g/mol. The SMILES string of the molecule is O=C1NCCC[C@]12CN(c1ccncc1)CC[C@@H]2O. The van der Waals surface area contributed by atoms with Crippen LogP contribution in [0.25, 0.3) is 0 Å². The largest absolute Gasteiger partial charge is 0.392 e. The average Bonchev–Trinajstić information content (AvgIpc) is 2.46. The lowest BCUT2D eigenvalue weighted by Crippen LogP contribution is -2.61. The Balaban J connectivity index is 1.86. The molecular formula is C14H19N3O2. The van der Waals surface area contributed by atoms with Crippen LogP contribution in [0.3, 0.4) is 0 Å². The number of carbonyl (C=O) groups is 1. The zero-order valence-electron chi connectivity index (χ0n) is 10.9. The van der Waals surface area contributed by atoms with Crippen molar-refractivity contribution in [3.63, 3.8) is 0 Å². The second-order valence-corrected chi connectivity index (χ2v) is 5.45. The van der Waals surface area contributed by atoms with Gasteiger partial charge in [-0.3, -0.25) is 9.78 Å². The Morgan fingerprint density at radius 3 is 2.95 bits per heavy atom. The van der Waals surface area contributed by atoms with Crippen molar-refractivity contribution < 1.29 is 9.90 Å². The number of anilines is 1. The van der Waals surface area contributed by atoms with Crippen LogP contribution in [0.5, 0.6) is 0 Å². The highest BCUT2D eigenvalue weighted by Crippen LogP contribution is 2.38. The van der Waals surface area contributed by atoms with E-state index in [1.165, 1.54) is 0 Å². The van der Waals surface area contributed by atoms with E-state index in [1.807, 2.05) is 12.1 Å². The summed E-state index contributed by atoms with van der Waals surface area (Å²) in [5.74, 6) is 0.00464. The van der Waals surface area contributed by atoms with Crippen molar-refractivity contribution in [1.82, 2.24) is 10.3 Å². The average molecular weight is 261 g/mol. The number of hydrogen-bond acceptors (Lipinski definition) is 4. The first kappa shape index (κ1) is 12.4. The molecule has 1 amide bonds. The molecule has 0 aliphatic carbocycles. The summed E-state index contributed by atoms with van der Waals surface area (Å²) < 4.78 is 0. The molecule has 102 valence electrons. The predicted octanol–water partition coefficient (Wildman–Crippen LogP) is 0.549. The molecule has 2 N–H and O–H groups in total. The van der Waals surface area contributed by atoms with Gasteiger partial charge in [-0.05, 0) is 31.4 Å². The summed E-state index contributed by atoms with van der Waals surface area (Å²) in [4.78, 5) is 18.4. The minimum Gasteiger partial charge on any atom is -0.392 e. The van der Waals surface area contributed by atoms with Crippen LogP contribution in [0, 0.1) is 5.41 Å². The first-order chi connectivity index (χ1) is 9.22. The quantitative estimate of drug-likeness (QED) is 0.775. The molecule has 0 aromatic carbocycles. The number of carbonyl (C=O) groups excluding carboxylic acids is 1. The van der Waals surface area contributed by atoms with Gasteiger partial charge in [0.2, 0.25) is 5.91 Å². The zero-order valence-corrected chi connectivity index (χ0v) is 10.9. The Morgan fingerprint density at radius 1 is 1.42 bits per heavy atom. The lowest BCUT2D eigenvalue weighted by atomic mass is 9.71. The van der Waals surface area contributed by atoms with Crippen LogP contribution < -0.4 is 10.2 Å². The van der Waals surface area contributed by atoms with E-state index in [-0.39, 0.29) is 5.91 Å². The van der Waals surface area contributed by atoms with Crippen LogP contribution in [0.15, 0.2) is 24.5 Å². The number of hydrogen-bond donors (Lipinski definition) is 2. The number of aliphatic hydroxyl groups is 1. The summed E-state index contributed by atoms with van der Waals surface area (Å²) in [5.41, 5.74) is 0.430. The van der Waals surface area contributed by atoms with Crippen molar-refractivity contribution in [2.45, 2.75) is 25.4 Å². The third kappa shape index (κ3) is 2.08. The van der Waals surface area contributed by atoms with Crippen LogP contribution >= 0.6 is 0 Å². The summed E-state index contributed by atoms with van der Waals surface area (Å²) in [5, 5.41) is 13.2. The molecule has 5 nitrogen and oxygen atoms in total. The van der Waals surface area contributed by atoms with Gasteiger partial charge < -0.3 is 15.3 Å². The number of nitrogens with one attached hydrogen (secondary N) is 1. The van der Waals surface area contributed by atoms with Gasteiger partial charge >= 0.3 is 0 Å². The van der Waals surface area contributed by atoms with Gasteiger partial charge in [-0.15, -0.1) is 0 Å². The highest BCUT2D eigenvalue weighted by Gasteiger charge is 2.49. The monoisotopic (exact) mass is 261 g/mol. The smallest absolute Gasteiger partial charge is 0.230 e. The molecule has 2 aliphatic rings. The normalized spacial score (nSPS) is 31.3. The standard InChI is InChI=1S/C14H19N3O2/c18-12-4-9-17(11-2-7-15-8-3-11)10-14(12)5-1-6-16-13(14)19/h2-3,7-8,12,18H,1,4-6,9-10H2,(H,16,19)/t12-,14+/m0/s1. The topological polar surface area (TPSA) is 65.5 Å². The Hall–Kier alpha value is -1.62. The van der Waals surface area contributed by atoms with Gasteiger partial charge in [-0.25, -0.2) is 0 Å². The fourth-order valence-electron chi connectivity index (χ4n) is 3.22. The molecule has 2 saturated heterocycles. The zero-order chi connectivity index (χ0) is 13.3. The van der Waals surface area contributed by atoms with E-state index >= 15 is 0 Å². The predicted molar refractivity (Wildman–Crippen MR) is 71.8 cm³/mol. The minimum absolute atomic E-state index is 0.00464. The maximum absolute atomic E-state index is 12.2. The van der Waals surface area contributed by atoms with Crippen molar-refractivity contribution in [2.75, 3.05) is 24.5 Å². The summed E-state index contributed by atoms with van der Waals surface area (Å²) in [6.07, 6.45) is 5.32. The van der Waals surface area contributed by atoms with E-state index in [2.05, 4.69) is 15.2 Å². The third-order valence-electron chi connectivity index (χ3n) is 4.35. The molecule has 3 rings (SSSR count). The molecule has 1 spiro atoms.